The van der Waals surface area contributed by atoms with Gasteiger partial charge in [-0.2, -0.15) is 4.98 Å². The fourth-order valence-electron chi connectivity index (χ4n) is 2.24. The largest absolute Gasteiger partial charge is 0.338 e. The fraction of sp³-hybridized carbons (Fsp3) is 0.375. The van der Waals surface area contributed by atoms with E-state index in [1.165, 1.54) is 17.8 Å². The zero-order chi connectivity index (χ0) is 17.1. The highest BCUT2D eigenvalue weighted by atomic mass is 32.2. The summed E-state index contributed by atoms with van der Waals surface area (Å²) in [6, 6.07) is 6.51. The summed E-state index contributed by atoms with van der Waals surface area (Å²) in [4.78, 5) is 4.36. The molecule has 0 amide bonds. The van der Waals surface area contributed by atoms with Crippen LogP contribution >= 0.6 is 11.8 Å². The van der Waals surface area contributed by atoms with Gasteiger partial charge < -0.3 is 9.09 Å². The van der Waals surface area contributed by atoms with Gasteiger partial charge in [-0.05, 0) is 18.1 Å². The number of halogens is 1. The van der Waals surface area contributed by atoms with Crippen LogP contribution in [0.15, 0.2) is 33.9 Å². The summed E-state index contributed by atoms with van der Waals surface area (Å²) in [5.41, 5.74) is 0.427. The fourth-order valence-corrected chi connectivity index (χ4v) is 2.99. The molecule has 24 heavy (non-hydrogen) atoms. The number of nitrogens with zero attached hydrogens (tertiary/aromatic N) is 5. The minimum Gasteiger partial charge on any atom is -0.338 e. The molecule has 0 N–H and O–H groups in total. The summed E-state index contributed by atoms with van der Waals surface area (Å²) in [6.07, 6.45) is 0.787. The highest BCUT2D eigenvalue weighted by molar-refractivity contribution is 7.98. The molecule has 0 saturated carbocycles. The summed E-state index contributed by atoms with van der Waals surface area (Å²) in [5, 5.41) is 12.8. The van der Waals surface area contributed by atoms with Crippen molar-refractivity contribution < 1.29 is 8.91 Å². The number of thioether (sulfide) groups is 1. The molecule has 0 spiro atoms. The highest BCUT2D eigenvalue weighted by Gasteiger charge is 2.16. The van der Waals surface area contributed by atoms with E-state index in [0.717, 1.165) is 6.42 Å². The lowest BCUT2D eigenvalue weighted by atomic mass is 10.1. The van der Waals surface area contributed by atoms with Crippen LogP contribution in [0.5, 0.6) is 0 Å². The van der Waals surface area contributed by atoms with Crippen LogP contribution in [0.1, 0.15) is 25.6 Å². The van der Waals surface area contributed by atoms with Crippen LogP contribution in [0.25, 0.3) is 11.4 Å². The third-order valence-corrected chi connectivity index (χ3v) is 4.38. The van der Waals surface area contributed by atoms with Gasteiger partial charge in [-0.25, -0.2) is 4.39 Å². The molecule has 0 bridgehead atoms. The van der Waals surface area contributed by atoms with E-state index in [1.807, 2.05) is 7.05 Å². The predicted molar refractivity (Wildman–Crippen MR) is 88.8 cm³/mol. The Morgan fingerprint density at radius 3 is 2.79 bits per heavy atom. The number of hydrogen-bond acceptors (Lipinski definition) is 6. The van der Waals surface area contributed by atoms with E-state index in [2.05, 4.69) is 34.2 Å². The van der Waals surface area contributed by atoms with Gasteiger partial charge in [-0.1, -0.05) is 42.9 Å². The Kier molecular flexibility index (Phi) is 4.94. The van der Waals surface area contributed by atoms with Gasteiger partial charge >= 0.3 is 0 Å². The number of benzene rings is 1. The lowest BCUT2D eigenvalue weighted by Crippen LogP contribution is -1.97. The maximum atomic E-state index is 13.9. The maximum Gasteiger partial charge on any atom is 0.237 e. The Bertz CT molecular complexity index is 829. The third kappa shape index (κ3) is 3.64. The molecule has 3 rings (SSSR count). The molecular formula is C16H18FN5OS. The Labute approximate surface area is 143 Å². The van der Waals surface area contributed by atoms with Gasteiger partial charge in [0, 0.05) is 13.5 Å². The molecule has 0 radical (unpaired) electrons. The van der Waals surface area contributed by atoms with E-state index in [1.54, 1.807) is 22.8 Å². The smallest absolute Gasteiger partial charge is 0.237 e. The summed E-state index contributed by atoms with van der Waals surface area (Å²) in [7, 11) is 1.81. The van der Waals surface area contributed by atoms with Crippen molar-refractivity contribution >= 4 is 11.8 Å². The molecule has 126 valence electrons. The second kappa shape index (κ2) is 7.12. The van der Waals surface area contributed by atoms with Gasteiger partial charge in [0.25, 0.3) is 0 Å². The van der Waals surface area contributed by atoms with Crippen LogP contribution in [0.2, 0.25) is 0 Å². The molecule has 8 heteroatoms. The van der Waals surface area contributed by atoms with Crippen molar-refractivity contribution in [3.8, 4) is 11.4 Å². The molecule has 6 nitrogen and oxygen atoms in total. The standard InChI is InChI=1S/C16H18FN5OS/c1-10(2)8-13-18-14(23-21-13)9-24-16-20-19-15(22(16)3)11-6-4-5-7-12(11)17/h4-7,10H,8-9H2,1-3H3. The molecule has 0 aliphatic rings. The first-order valence-corrected chi connectivity index (χ1v) is 8.61. The molecule has 0 fully saturated rings. The minimum atomic E-state index is -0.320. The van der Waals surface area contributed by atoms with E-state index < -0.39 is 0 Å². The first-order chi connectivity index (χ1) is 11.5. The Morgan fingerprint density at radius 2 is 2.04 bits per heavy atom. The van der Waals surface area contributed by atoms with Crippen molar-refractivity contribution in [1.82, 2.24) is 24.9 Å². The maximum absolute atomic E-state index is 13.9. The zero-order valence-electron chi connectivity index (χ0n) is 13.7. The lowest BCUT2D eigenvalue weighted by molar-refractivity contribution is 0.382. The molecule has 0 atom stereocenters. The minimum absolute atomic E-state index is 0.320. The SMILES string of the molecule is CC(C)Cc1noc(CSc2nnc(-c3ccccc3F)n2C)n1. The average Bonchev–Trinajstić information content (AvgIpc) is 3.12. The zero-order valence-corrected chi connectivity index (χ0v) is 14.5. The van der Waals surface area contributed by atoms with Crippen molar-refractivity contribution in [1.29, 1.82) is 0 Å². The normalized spacial score (nSPS) is 11.4. The number of hydrogen-bond donors (Lipinski definition) is 0. The quantitative estimate of drug-likeness (QED) is 0.636. The van der Waals surface area contributed by atoms with E-state index in [9.17, 15) is 4.39 Å². The molecule has 0 aliphatic heterocycles. The van der Waals surface area contributed by atoms with Gasteiger partial charge in [0.15, 0.2) is 16.8 Å². The molecule has 0 aliphatic carbocycles. The molecule has 0 saturated heterocycles. The summed E-state index contributed by atoms with van der Waals surface area (Å²) >= 11 is 1.42. The van der Waals surface area contributed by atoms with Gasteiger partial charge in [-0.3, -0.25) is 0 Å². The van der Waals surface area contributed by atoms with Crippen molar-refractivity contribution in [2.24, 2.45) is 13.0 Å². The number of rotatable bonds is 6. The van der Waals surface area contributed by atoms with Crippen LogP contribution in [-0.2, 0) is 19.2 Å². The highest BCUT2D eigenvalue weighted by Crippen LogP contribution is 2.26. The van der Waals surface area contributed by atoms with Crippen molar-refractivity contribution in [2.45, 2.75) is 31.2 Å². The summed E-state index contributed by atoms with van der Waals surface area (Å²) < 4.78 is 20.9. The molecule has 1 aromatic carbocycles. The Morgan fingerprint density at radius 1 is 1.25 bits per heavy atom. The van der Waals surface area contributed by atoms with Crippen molar-refractivity contribution in [3.05, 3.63) is 41.8 Å². The van der Waals surface area contributed by atoms with Crippen molar-refractivity contribution in [2.75, 3.05) is 0 Å². The van der Waals surface area contributed by atoms with Gasteiger partial charge in [0.2, 0.25) is 5.89 Å². The second-order valence-corrected chi connectivity index (χ2v) is 6.78. The van der Waals surface area contributed by atoms with Crippen LogP contribution in [0.3, 0.4) is 0 Å². The second-order valence-electron chi connectivity index (χ2n) is 5.84. The van der Waals surface area contributed by atoms with E-state index in [-0.39, 0.29) is 5.82 Å². The first-order valence-electron chi connectivity index (χ1n) is 7.63. The van der Waals surface area contributed by atoms with E-state index in [0.29, 0.717) is 39.9 Å². The van der Waals surface area contributed by atoms with E-state index in [4.69, 9.17) is 4.52 Å². The monoisotopic (exact) mass is 347 g/mol. The van der Waals surface area contributed by atoms with Crippen LogP contribution in [0.4, 0.5) is 4.39 Å². The molecule has 2 aromatic heterocycles. The molecule has 3 aromatic rings. The van der Waals surface area contributed by atoms with Gasteiger partial charge in [-0.15, -0.1) is 10.2 Å². The molecular weight excluding hydrogens is 329 g/mol. The Hall–Kier alpha value is -2.22. The molecule has 0 unspecified atom stereocenters. The average molecular weight is 347 g/mol. The van der Waals surface area contributed by atoms with Gasteiger partial charge in [0.05, 0.1) is 11.3 Å². The summed E-state index contributed by atoms with van der Waals surface area (Å²) in [6.45, 7) is 4.21. The van der Waals surface area contributed by atoms with Crippen LogP contribution in [-0.4, -0.2) is 24.9 Å². The van der Waals surface area contributed by atoms with E-state index >= 15 is 0 Å². The predicted octanol–water partition coefficient (Wildman–Crippen LogP) is 3.50. The third-order valence-electron chi connectivity index (χ3n) is 3.38. The first kappa shape index (κ1) is 16.6. The van der Waals surface area contributed by atoms with Crippen molar-refractivity contribution in [3.63, 3.8) is 0 Å². The van der Waals surface area contributed by atoms with Crippen LogP contribution in [0, 0.1) is 11.7 Å². The summed E-state index contributed by atoms with van der Waals surface area (Å²) in [5.74, 6) is 2.40. The Balaban J connectivity index is 1.71. The lowest BCUT2D eigenvalue weighted by Gasteiger charge is -2.03. The van der Waals surface area contributed by atoms with Gasteiger partial charge in [0.1, 0.15) is 5.82 Å². The number of aromatic nitrogens is 5. The topological polar surface area (TPSA) is 69.6 Å². The van der Waals surface area contributed by atoms with Crippen LogP contribution < -0.4 is 0 Å². The molecule has 2 heterocycles.